The third-order valence-corrected chi connectivity index (χ3v) is 4.19. The molecule has 0 aromatic rings. The lowest BCUT2D eigenvalue weighted by atomic mass is 9.98. The highest BCUT2D eigenvalue weighted by molar-refractivity contribution is 4.91. The molecule has 2 rings (SSSR count). The number of hydrogen-bond acceptors (Lipinski definition) is 3. The monoisotopic (exact) mass is 226 g/mol. The van der Waals surface area contributed by atoms with Gasteiger partial charge < -0.3 is 15.4 Å². The minimum absolute atomic E-state index is 0.0634. The first-order chi connectivity index (χ1) is 7.72. The summed E-state index contributed by atoms with van der Waals surface area (Å²) in [6.45, 7) is 7.41. The SMILES string of the molecule is CCC1CCCN(CC2(N)CCOC2)CC1. The zero-order chi connectivity index (χ0) is 11.4. The lowest BCUT2D eigenvalue weighted by Crippen LogP contribution is -2.51. The van der Waals surface area contributed by atoms with E-state index in [9.17, 15) is 0 Å². The highest BCUT2D eigenvalue weighted by Gasteiger charge is 2.32. The van der Waals surface area contributed by atoms with Crippen molar-refractivity contribution in [1.29, 1.82) is 0 Å². The van der Waals surface area contributed by atoms with Gasteiger partial charge in [-0.25, -0.2) is 0 Å². The second kappa shape index (κ2) is 5.48. The number of rotatable bonds is 3. The molecule has 2 aliphatic heterocycles. The van der Waals surface area contributed by atoms with Crippen molar-refractivity contribution in [3.8, 4) is 0 Å². The molecule has 3 heteroatoms. The Morgan fingerprint density at radius 3 is 2.94 bits per heavy atom. The van der Waals surface area contributed by atoms with Gasteiger partial charge in [-0.3, -0.25) is 0 Å². The third-order valence-electron chi connectivity index (χ3n) is 4.19. The van der Waals surface area contributed by atoms with Gasteiger partial charge in [0.05, 0.1) is 12.1 Å². The summed E-state index contributed by atoms with van der Waals surface area (Å²) in [7, 11) is 0. The molecule has 2 aliphatic rings. The zero-order valence-corrected chi connectivity index (χ0v) is 10.6. The molecule has 2 N–H and O–H groups in total. The number of hydrogen-bond donors (Lipinski definition) is 1. The lowest BCUT2D eigenvalue weighted by molar-refractivity contribution is 0.153. The molecule has 2 atom stereocenters. The molecule has 2 fully saturated rings. The lowest BCUT2D eigenvalue weighted by Gasteiger charge is -2.30. The van der Waals surface area contributed by atoms with Gasteiger partial charge in [-0.05, 0) is 44.7 Å². The molecule has 2 saturated heterocycles. The fourth-order valence-electron chi connectivity index (χ4n) is 2.98. The van der Waals surface area contributed by atoms with Crippen molar-refractivity contribution in [2.24, 2.45) is 11.7 Å². The molecule has 2 unspecified atom stereocenters. The van der Waals surface area contributed by atoms with E-state index < -0.39 is 0 Å². The van der Waals surface area contributed by atoms with Crippen molar-refractivity contribution in [1.82, 2.24) is 4.90 Å². The summed E-state index contributed by atoms with van der Waals surface area (Å²) in [5.74, 6) is 0.943. The smallest absolute Gasteiger partial charge is 0.0659 e. The Hall–Kier alpha value is -0.120. The predicted molar refractivity (Wildman–Crippen MR) is 66.4 cm³/mol. The maximum atomic E-state index is 6.34. The summed E-state index contributed by atoms with van der Waals surface area (Å²) >= 11 is 0. The highest BCUT2D eigenvalue weighted by atomic mass is 16.5. The van der Waals surface area contributed by atoms with Crippen molar-refractivity contribution >= 4 is 0 Å². The van der Waals surface area contributed by atoms with Crippen molar-refractivity contribution in [2.75, 3.05) is 32.8 Å². The summed E-state index contributed by atoms with van der Waals surface area (Å²) in [6, 6.07) is 0. The molecule has 0 aliphatic carbocycles. The number of nitrogens with two attached hydrogens (primary N) is 1. The van der Waals surface area contributed by atoms with Gasteiger partial charge in [0.2, 0.25) is 0 Å². The van der Waals surface area contributed by atoms with Crippen LogP contribution in [0.5, 0.6) is 0 Å². The Balaban J connectivity index is 1.81. The molecular weight excluding hydrogens is 200 g/mol. The van der Waals surface area contributed by atoms with Gasteiger partial charge in [0, 0.05) is 13.2 Å². The van der Waals surface area contributed by atoms with E-state index >= 15 is 0 Å². The molecule has 0 amide bonds. The van der Waals surface area contributed by atoms with E-state index in [0.717, 1.165) is 32.1 Å². The fourth-order valence-corrected chi connectivity index (χ4v) is 2.98. The summed E-state index contributed by atoms with van der Waals surface area (Å²) < 4.78 is 5.42. The van der Waals surface area contributed by atoms with E-state index in [4.69, 9.17) is 10.5 Å². The molecule has 0 aromatic carbocycles. The van der Waals surface area contributed by atoms with Gasteiger partial charge in [0.15, 0.2) is 0 Å². The van der Waals surface area contributed by atoms with E-state index in [1.165, 1.54) is 38.8 Å². The first-order valence-electron chi connectivity index (χ1n) is 6.81. The molecular formula is C13H26N2O. The van der Waals surface area contributed by atoms with E-state index in [-0.39, 0.29) is 5.54 Å². The van der Waals surface area contributed by atoms with Crippen LogP contribution in [0.3, 0.4) is 0 Å². The van der Waals surface area contributed by atoms with Gasteiger partial charge >= 0.3 is 0 Å². The largest absolute Gasteiger partial charge is 0.379 e. The van der Waals surface area contributed by atoms with Crippen LogP contribution in [0.2, 0.25) is 0 Å². The van der Waals surface area contributed by atoms with Crippen LogP contribution in [0.1, 0.15) is 39.0 Å². The summed E-state index contributed by atoms with van der Waals surface area (Å²) in [6.07, 6.45) is 6.47. The Morgan fingerprint density at radius 2 is 2.25 bits per heavy atom. The third kappa shape index (κ3) is 3.19. The first-order valence-corrected chi connectivity index (χ1v) is 6.81. The summed E-state index contributed by atoms with van der Waals surface area (Å²) in [4.78, 5) is 2.56. The minimum Gasteiger partial charge on any atom is -0.379 e. The maximum Gasteiger partial charge on any atom is 0.0659 e. The van der Waals surface area contributed by atoms with E-state index in [1.807, 2.05) is 0 Å². The molecule has 0 spiro atoms. The Bertz CT molecular complexity index is 214. The zero-order valence-electron chi connectivity index (χ0n) is 10.6. The standard InChI is InChI=1S/C13H26N2O/c1-2-12-4-3-7-15(8-5-12)10-13(14)6-9-16-11-13/h12H,2-11,14H2,1H3. The van der Waals surface area contributed by atoms with Gasteiger partial charge in [0.25, 0.3) is 0 Å². The predicted octanol–water partition coefficient (Wildman–Crippen LogP) is 1.62. The van der Waals surface area contributed by atoms with Crippen molar-refractivity contribution in [3.63, 3.8) is 0 Å². The fraction of sp³-hybridized carbons (Fsp3) is 1.00. The molecule has 0 saturated carbocycles. The highest BCUT2D eigenvalue weighted by Crippen LogP contribution is 2.23. The van der Waals surface area contributed by atoms with Crippen LogP contribution in [0.4, 0.5) is 0 Å². The molecule has 0 aromatic heterocycles. The van der Waals surface area contributed by atoms with Gasteiger partial charge in [-0.15, -0.1) is 0 Å². The van der Waals surface area contributed by atoms with Gasteiger partial charge in [0.1, 0.15) is 0 Å². The van der Waals surface area contributed by atoms with Crippen LogP contribution in [-0.2, 0) is 4.74 Å². The number of likely N-dealkylation sites (tertiary alicyclic amines) is 1. The molecule has 94 valence electrons. The average Bonchev–Trinajstić information content (AvgIpc) is 2.57. The van der Waals surface area contributed by atoms with Crippen LogP contribution in [0.15, 0.2) is 0 Å². The Labute approximate surface area is 99.3 Å². The number of ether oxygens (including phenoxy) is 1. The van der Waals surface area contributed by atoms with E-state index in [2.05, 4.69) is 11.8 Å². The molecule has 3 nitrogen and oxygen atoms in total. The molecule has 0 bridgehead atoms. The van der Waals surface area contributed by atoms with Crippen LogP contribution >= 0.6 is 0 Å². The maximum absolute atomic E-state index is 6.34. The van der Waals surface area contributed by atoms with Crippen LogP contribution in [-0.4, -0.2) is 43.3 Å². The van der Waals surface area contributed by atoms with Crippen molar-refractivity contribution in [3.05, 3.63) is 0 Å². The summed E-state index contributed by atoms with van der Waals surface area (Å²) in [5.41, 5.74) is 6.28. The quantitative estimate of drug-likeness (QED) is 0.794. The van der Waals surface area contributed by atoms with E-state index in [0.29, 0.717) is 0 Å². The van der Waals surface area contributed by atoms with Crippen LogP contribution in [0.25, 0.3) is 0 Å². The topological polar surface area (TPSA) is 38.5 Å². The van der Waals surface area contributed by atoms with Crippen LogP contribution in [0, 0.1) is 5.92 Å². The Morgan fingerprint density at radius 1 is 1.38 bits per heavy atom. The van der Waals surface area contributed by atoms with Gasteiger partial charge in [-0.2, -0.15) is 0 Å². The van der Waals surface area contributed by atoms with Crippen LogP contribution < -0.4 is 5.73 Å². The molecule has 2 heterocycles. The number of nitrogens with zero attached hydrogens (tertiary/aromatic N) is 1. The van der Waals surface area contributed by atoms with Crippen molar-refractivity contribution in [2.45, 2.75) is 44.6 Å². The molecule has 16 heavy (non-hydrogen) atoms. The van der Waals surface area contributed by atoms with Gasteiger partial charge in [-0.1, -0.05) is 13.3 Å². The minimum atomic E-state index is -0.0634. The molecule has 0 radical (unpaired) electrons. The normalized spacial score (nSPS) is 37.5. The average molecular weight is 226 g/mol. The first kappa shape index (κ1) is 12.3. The Kier molecular flexibility index (Phi) is 4.22. The second-order valence-electron chi connectivity index (χ2n) is 5.65. The summed E-state index contributed by atoms with van der Waals surface area (Å²) in [5, 5.41) is 0. The van der Waals surface area contributed by atoms with E-state index in [1.54, 1.807) is 0 Å². The van der Waals surface area contributed by atoms with Crippen molar-refractivity contribution < 1.29 is 4.74 Å². The second-order valence-corrected chi connectivity index (χ2v) is 5.65.